The number of aldehydes is 1. The van der Waals surface area contributed by atoms with Gasteiger partial charge in [0, 0.05) is 32.7 Å². The summed E-state index contributed by atoms with van der Waals surface area (Å²) in [7, 11) is 0. The Morgan fingerprint density at radius 3 is 2.50 bits per heavy atom. The maximum absolute atomic E-state index is 12.4. The molecule has 0 saturated carbocycles. The van der Waals surface area contributed by atoms with Crippen molar-refractivity contribution in [1.82, 2.24) is 20.4 Å². The fourth-order valence-electron chi connectivity index (χ4n) is 4.21. The zero-order chi connectivity index (χ0) is 19.8. The number of amides is 2. The summed E-state index contributed by atoms with van der Waals surface area (Å²) in [6.07, 6.45) is 5.79. The largest absolute Gasteiger partial charge is 0.338 e. The van der Waals surface area contributed by atoms with Crippen LogP contribution in [0.1, 0.15) is 42.9 Å². The Labute approximate surface area is 168 Å². The number of hydrogen-bond acceptors (Lipinski definition) is 4. The number of nitrogens with zero attached hydrogens (tertiary/aromatic N) is 2. The molecule has 2 aliphatic heterocycles. The molecule has 1 atom stereocenters. The molecule has 2 amide bonds. The maximum Gasteiger partial charge on any atom is 0.317 e. The van der Waals surface area contributed by atoms with Crippen LogP contribution in [0, 0.1) is 12.8 Å². The topological polar surface area (TPSA) is 64.7 Å². The van der Waals surface area contributed by atoms with Crippen molar-refractivity contribution >= 4 is 12.3 Å². The van der Waals surface area contributed by atoms with Gasteiger partial charge in [-0.3, -0.25) is 4.90 Å². The molecule has 1 aromatic rings. The van der Waals surface area contributed by atoms with Gasteiger partial charge in [-0.1, -0.05) is 29.8 Å². The van der Waals surface area contributed by atoms with Crippen molar-refractivity contribution in [3.05, 3.63) is 35.4 Å². The minimum Gasteiger partial charge on any atom is -0.338 e. The lowest BCUT2D eigenvalue weighted by Gasteiger charge is -2.37. The fourth-order valence-corrected chi connectivity index (χ4v) is 4.21. The number of hydrogen-bond donors (Lipinski definition) is 2. The standard InChI is InChI=1S/C22H34N4O2/c1-18-4-6-20(7-5-18)21(17-27)25-13-15-26(16-14-25)22(28)24-10-2-3-19-8-11-23-12-9-19/h4-7,17,19,21,23H,2-3,8-16H2,1H3,(H,24,28). The molecule has 6 nitrogen and oxygen atoms in total. The number of rotatable bonds is 7. The van der Waals surface area contributed by atoms with Crippen LogP contribution in [-0.2, 0) is 4.79 Å². The van der Waals surface area contributed by atoms with Crippen LogP contribution in [0.25, 0.3) is 0 Å². The van der Waals surface area contributed by atoms with E-state index in [1.807, 2.05) is 36.1 Å². The highest BCUT2D eigenvalue weighted by atomic mass is 16.2. The number of nitrogens with one attached hydrogen (secondary N) is 2. The summed E-state index contributed by atoms with van der Waals surface area (Å²) in [4.78, 5) is 28.1. The van der Waals surface area contributed by atoms with E-state index < -0.39 is 0 Å². The molecule has 2 saturated heterocycles. The number of aryl methyl sites for hydroxylation is 1. The van der Waals surface area contributed by atoms with E-state index in [0.29, 0.717) is 13.1 Å². The number of benzene rings is 1. The summed E-state index contributed by atoms with van der Waals surface area (Å²) in [5, 5.41) is 6.46. The molecule has 0 bridgehead atoms. The molecule has 154 valence electrons. The summed E-state index contributed by atoms with van der Waals surface area (Å²) in [5.74, 6) is 0.809. The molecular formula is C22H34N4O2. The zero-order valence-corrected chi connectivity index (χ0v) is 17.0. The average molecular weight is 387 g/mol. The van der Waals surface area contributed by atoms with Gasteiger partial charge in [0.25, 0.3) is 0 Å². The Bertz CT molecular complexity index is 620. The van der Waals surface area contributed by atoms with Gasteiger partial charge in [0.05, 0.1) is 6.04 Å². The summed E-state index contributed by atoms with van der Waals surface area (Å²) in [6, 6.07) is 7.93. The fraction of sp³-hybridized carbons (Fsp3) is 0.636. The summed E-state index contributed by atoms with van der Waals surface area (Å²) in [6.45, 7) is 7.83. The van der Waals surface area contributed by atoms with Gasteiger partial charge >= 0.3 is 6.03 Å². The van der Waals surface area contributed by atoms with Crippen LogP contribution in [0.4, 0.5) is 4.79 Å². The van der Waals surface area contributed by atoms with Crippen molar-refractivity contribution in [1.29, 1.82) is 0 Å². The van der Waals surface area contributed by atoms with Crippen molar-refractivity contribution < 1.29 is 9.59 Å². The lowest BCUT2D eigenvalue weighted by molar-refractivity contribution is -0.113. The third kappa shape index (κ3) is 5.79. The van der Waals surface area contributed by atoms with Gasteiger partial charge in [0.2, 0.25) is 0 Å². The van der Waals surface area contributed by atoms with E-state index in [-0.39, 0.29) is 12.1 Å². The quantitative estimate of drug-likeness (QED) is 0.558. The van der Waals surface area contributed by atoms with E-state index in [1.165, 1.54) is 24.8 Å². The predicted molar refractivity (Wildman–Crippen MR) is 111 cm³/mol. The van der Waals surface area contributed by atoms with Crippen molar-refractivity contribution in [3.63, 3.8) is 0 Å². The third-order valence-corrected chi connectivity index (χ3v) is 6.07. The lowest BCUT2D eigenvalue weighted by Crippen LogP contribution is -2.52. The molecule has 2 N–H and O–H groups in total. The molecule has 0 aromatic heterocycles. The van der Waals surface area contributed by atoms with Crippen LogP contribution in [0.15, 0.2) is 24.3 Å². The molecule has 0 spiro atoms. The second kappa shape index (κ2) is 10.6. The third-order valence-electron chi connectivity index (χ3n) is 6.07. The van der Waals surface area contributed by atoms with E-state index in [1.54, 1.807) is 0 Å². The first-order valence-corrected chi connectivity index (χ1v) is 10.7. The van der Waals surface area contributed by atoms with Gasteiger partial charge in [-0.15, -0.1) is 0 Å². The highest BCUT2D eigenvalue weighted by Crippen LogP contribution is 2.21. The summed E-state index contributed by atoms with van der Waals surface area (Å²) < 4.78 is 0. The van der Waals surface area contributed by atoms with Crippen molar-refractivity contribution in [3.8, 4) is 0 Å². The molecular weight excluding hydrogens is 352 g/mol. The first kappa shape index (κ1) is 20.8. The van der Waals surface area contributed by atoms with Crippen molar-refractivity contribution in [2.45, 2.75) is 38.6 Å². The molecule has 2 fully saturated rings. The number of piperidine rings is 1. The van der Waals surface area contributed by atoms with Crippen LogP contribution in [-0.4, -0.2) is 67.9 Å². The van der Waals surface area contributed by atoms with Crippen LogP contribution in [0.2, 0.25) is 0 Å². The molecule has 2 aliphatic rings. The van der Waals surface area contributed by atoms with E-state index in [9.17, 15) is 9.59 Å². The van der Waals surface area contributed by atoms with E-state index in [0.717, 1.165) is 56.9 Å². The van der Waals surface area contributed by atoms with Gasteiger partial charge < -0.3 is 20.3 Å². The monoisotopic (exact) mass is 386 g/mol. The van der Waals surface area contributed by atoms with E-state index >= 15 is 0 Å². The number of urea groups is 1. The van der Waals surface area contributed by atoms with Gasteiger partial charge in [-0.25, -0.2) is 4.79 Å². The minimum absolute atomic E-state index is 0.0305. The highest BCUT2D eigenvalue weighted by Gasteiger charge is 2.26. The molecule has 6 heteroatoms. The van der Waals surface area contributed by atoms with Crippen LogP contribution in [0.3, 0.4) is 0 Å². The number of carbonyl (C=O) groups excluding carboxylic acids is 2. The molecule has 28 heavy (non-hydrogen) atoms. The molecule has 0 aliphatic carbocycles. The smallest absolute Gasteiger partial charge is 0.317 e. The Hall–Kier alpha value is -1.92. The number of carbonyl (C=O) groups is 2. The lowest BCUT2D eigenvalue weighted by atomic mass is 9.93. The first-order chi connectivity index (χ1) is 13.7. The van der Waals surface area contributed by atoms with Crippen molar-refractivity contribution in [2.24, 2.45) is 5.92 Å². The van der Waals surface area contributed by atoms with Gasteiger partial charge in [0.15, 0.2) is 0 Å². The Balaban J connectivity index is 1.38. The van der Waals surface area contributed by atoms with Crippen molar-refractivity contribution in [2.75, 3.05) is 45.8 Å². The van der Waals surface area contributed by atoms with Crippen LogP contribution >= 0.6 is 0 Å². The molecule has 1 unspecified atom stereocenters. The van der Waals surface area contributed by atoms with E-state index in [2.05, 4.69) is 15.5 Å². The van der Waals surface area contributed by atoms with Crippen LogP contribution < -0.4 is 10.6 Å². The van der Waals surface area contributed by atoms with Crippen LogP contribution in [0.5, 0.6) is 0 Å². The SMILES string of the molecule is Cc1ccc(C(C=O)N2CCN(C(=O)NCCCC3CCNCC3)CC2)cc1. The minimum atomic E-state index is -0.226. The highest BCUT2D eigenvalue weighted by molar-refractivity contribution is 5.74. The second-order valence-electron chi connectivity index (χ2n) is 8.08. The Morgan fingerprint density at radius 1 is 1.18 bits per heavy atom. The molecule has 2 heterocycles. The molecule has 1 aromatic carbocycles. The zero-order valence-electron chi connectivity index (χ0n) is 17.0. The summed E-state index contributed by atoms with van der Waals surface area (Å²) >= 11 is 0. The second-order valence-corrected chi connectivity index (χ2v) is 8.08. The first-order valence-electron chi connectivity index (χ1n) is 10.7. The normalized spacial score (nSPS) is 20.0. The summed E-state index contributed by atoms with van der Waals surface area (Å²) in [5.41, 5.74) is 2.21. The number of piperazine rings is 1. The Morgan fingerprint density at radius 2 is 1.86 bits per heavy atom. The molecule has 3 rings (SSSR count). The van der Waals surface area contributed by atoms with Gasteiger partial charge in [0.1, 0.15) is 6.29 Å². The predicted octanol–water partition coefficient (Wildman–Crippen LogP) is 2.34. The van der Waals surface area contributed by atoms with E-state index in [4.69, 9.17) is 0 Å². The molecule has 0 radical (unpaired) electrons. The van der Waals surface area contributed by atoms with Gasteiger partial charge in [-0.05, 0) is 57.2 Å². The van der Waals surface area contributed by atoms with Gasteiger partial charge in [-0.2, -0.15) is 0 Å². The maximum atomic E-state index is 12.4. The average Bonchev–Trinajstić information content (AvgIpc) is 2.74. The Kier molecular flexibility index (Phi) is 7.86.